The fraction of sp³-hybridized carbons (Fsp3) is 0.733. The lowest BCUT2D eigenvalue weighted by atomic mass is 10.1. The fourth-order valence-electron chi connectivity index (χ4n) is 2.78. The van der Waals surface area contributed by atoms with E-state index >= 15 is 0 Å². The van der Waals surface area contributed by atoms with E-state index in [1.165, 1.54) is 0 Å². The zero-order chi connectivity index (χ0) is 16.7. The Kier molecular flexibility index (Phi) is 5.07. The lowest BCUT2D eigenvalue weighted by Gasteiger charge is -2.39. The van der Waals surface area contributed by atoms with Crippen LogP contribution in [0.5, 0.6) is 0 Å². The number of amides is 1. The van der Waals surface area contributed by atoms with Crippen LogP contribution >= 0.6 is 6.89 Å². The summed E-state index contributed by atoms with van der Waals surface area (Å²) in [6.07, 6.45) is 2.67. The molecule has 0 spiro atoms. The second kappa shape index (κ2) is 6.36. The molecule has 2 fully saturated rings. The van der Waals surface area contributed by atoms with Gasteiger partial charge >= 0.3 is 0 Å². The summed E-state index contributed by atoms with van der Waals surface area (Å²) in [5, 5.41) is 23.2. The van der Waals surface area contributed by atoms with Crippen LogP contribution in [0.3, 0.4) is 0 Å². The zero-order valence-corrected chi connectivity index (χ0v) is 14.4. The summed E-state index contributed by atoms with van der Waals surface area (Å²) in [5.74, 6) is 0.0987. The van der Waals surface area contributed by atoms with Crippen molar-refractivity contribution in [2.75, 3.05) is 26.0 Å². The van der Waals surface area contributed by atoms with Crippen molar-refractivity contribution in [3.63, 3.8) is 0 Å². The molecule has 1 amide bonds. The lowest BCUT2D eigenvalue weighted by Crippen LogP contribution is -2.54. The first-order chi connectivity index (χ1) is 10.1. The van der Waals surface area contributed by atoms with Crippen molar-refractivity contribution >= 4 is 19.1 Å². The summed E-state index contributed by atoms with van der Waals surface area (Å²) in [5.41, 5.74) is 0. The van der Waals surface area contributed by atoms with Crippen LogP contribution in [-0.2, 0) is 9.53 Å². The molecule has 2 aliphatic rings. The van der Waals surface area contributed by atoms with Crippen LogP contribution < -0.4 is 5.32 Å². The summed E-state index contributed by atoms with van der Waals surface area (Å²) < 4.78 is 5.88. The molecule has 22 heavy (non-hydrogen) atoms. The van der Waals surface area contributed by atoms with E-state index in [9.17, 15) is 15.0 Å². The third kappa shape index (κ3) is 3.74. The average molecular weight is 330 g/mol. The van der Waals surface area contributed by atoms with Crippen molar-refractivity contribution in [1.82, 2.24) is 10.2 Å². The SMILES string of the molecule is C=C1NC(=O)C(C)CN1[C@@H]1OC(CCP(=C)(C)C)[C@@H](O)[C@H]1O. The highest BCUT2D eigenvalue weighted by molar-refractivity contribution is 7.72. The number of aliphatic hydroxyl groups excluding tert-OH is 2. The van der Waals surface area contributed by atoms with E-state index in [-0.39, 0.29) is 11.8 Å². The molecule has 2 aliphatic heterocycles. The summed E-state index contributed by atoms with van der Waals surface area (Å²) in [7, 11) is 0. The first kappa shape index (κ1) is 17.5. The van der Waals surface area contributed by atoms with E-state index in [2.05, 4.69) is 31.5 Å². The van der Waals surface area contributed by atoms with E-state index < -0.39 is 31.4 Å². The number of rotatable bonds is 4. The van der Waals surface area contributed by atoms with Gasteiger partial charge in [-0.15, -0.1) is 13.2 Å². The van der Waals surface area contributed by atoms with Crippen LogP contribution in [0.25, 0.3) is 0 Å². The molecule has 6 nitrogen and oxygen atoms in total. The standard InChI is InChI=1S/C15H27N2O4P/c1-9-8-17(10(2)16-14(9)20)15-13(19)12(18)11(21-15)6-7-22(3,4)5/h9,11-13,15,18-19H,2-3,6-8H2,1,4-5H3,(H,16,20)/t9?,11?,12-,13-,15-/m1/s1. The summed E-state index contributed by atoms with van der Waals surface area (Å²) in [4.78, 5) is 13.4. The van der Waals surface area contributed by atoms with Gasteiger partial charge in [-0.1, -0.05) is 13.5 Å². The first-order valence-electron chi connectivity index (χ1n) is 7.55. The first-order valence-corrected chi connectivity index (χ1v) is 10.6. The van der Waals surface area contributed by atoms with Gasteiger partial charge in [-0.3, -0.25) is 4.79 Å². The Bertz CT molecular complexity index is 504. The third-order valence-electron chi connectivity index (χ3n) is 4.20. The lowest BCUT2D eigenvalue weighted by molar-refractivity contribution is -0.133. The molecule has 3 N–H and O–H groups in total. The van der Waals surface area contributed by atoms with Crippen LogP contribution in [-0.4, -0.2) is 77.9 Å². The molecule has 2 heterocycles. The van der Waals surface area contributed by atoms with Crippen molar-refractivity contribution in [3.05, 3.63) is 12.4 Å². The quantitative estimate of drug-likeness (QED) is 0.636. The second-order valence-electron chi connectivity index (χ2n) is 6.98. The van der Waals surface area contributed by atoms with E-state index in [1.54, 1.807) is 11.8 Å². The number of hydrogen-bond acceptors (Lipinski definition) is 5. The van der Waals surface area contributed by atoms with Gasteiger partial charge in [-0.25, -0.2) is 0 Å². The molecule has 0 bridgehead atoms. The van der Waals surface area contributed by atoms with Crippen LogP contribution in [0.1, 0.15) is 13.3 Å². The molecule has 0 aromatic carbocycles. The smallest absolute Gasteiger partial charge is 0.230 e. The van der Waals surface area contributed by atoms with Gasteiger partial charge in [0.25, 0.3) is 0 Å². The van der Waals surface area contributed by atoms with Gasteiger partial charge < -0.3 is 25.2 Å². The van der Waals surface area contributed by atoms with Gasteiger partial charge in [0, 0.05) is 6.54 Å². The maximum atomic E-state index is 11.6. The van der Waals surface area contributed by atoms with Gasteiger partial charge in [0.05, 0.1) is 12.0 Å². The van der Waals surface area contributed by atoms with Gasteiger partial charge in [-0.2, -0.15) is 0 Å². The van der Waals surface area contributed by atoms with E-state index in [0.29, 0.717) is 18.8 Å². The normalized spacial score (nSPS) is 36.6. The minimum atomic E-state index is -1.21. The second-order valence-corrected chi connectivity index (χ2v) is 11.3. The van der Waals surface area contributed by atoms with Gasteiger partial charge in [0.15, 0.2) is 6.23 Å². The Labute approximate surface area is 132 Å². The summed E-state index contributed by atoms with van der Waals surface area (Å²) >= 11 is 0. The van der Waals surface area contributed by atoms with Crippen molar-refractivity contribution in [1.29, 1.82) is 0 Å². The van der Waals surface area contributed by atoms with Crippen LogP contribution in [0.2, 0.25) is 0 Å². The Balaban J connectivity index is 2.04. The molecule has 2 rings (SSSR count). The molecule has 126 valence electrons. The topological polar surface area (TPSA) is 82.0 Å². The Morgan fingerprint density at radius 1 is 1.41 bits per heavy atom. The van der Waals surface area contributed by atoms with Crippen molar-refractivity contribution in [2.45, 2.75) is 37.9 Å². The minimum absolute atomic E-state index is 0.0885. The van der Waals surface area contributed by atoms with Crippen LogP contribution in [0.15, 0.2) is 12.4 Å². The summed E-state index contributed by atoms with van der Waals surface area (Å²) in [6.45, 7) is 9.09. The number of aliphatic hydroxyl groups is 2. The van der Waals surface area contributed by atoms with Gasteiger partial charge in [0.2, 0.25) is 5.91 Å². The van der Waals surface area contributed by atoms with Crippen molar-refractivity contribution in [3.8, 4) is 0 Å². The molecular formula is C15H27N2O4P. The average Bonchev–Trinajstić information content (AvgIpc) is 2.68. The molecule has 0 aliphatic carbocycles. The van der Waals surface area contributed by atoms with Crippen LogP contribution in [0, 0.1) is 5.92 Å². The molecular weight excluding hydrogens is 303 g/mol. The third-order valence-corrected chi connectivity index (χ3v) is 5.66. The molecule has 2 unspecified atom stereocenters. The monoisotopic (exact) mass is 330 g/mol. The van der Waals surface area contributed by atoms with Crippen LogP contribution in [0.4, 0.5) is 0 Å². The highest BCUT2D eigenvalue weighted by Crippen LogP contribution is 2.38. The Morgan fingerprint density at radius 2 is 2.05 bits per heavy atom. The highest BCUT2D eigenvalue weighted by Gasteiger charge is 2.47. The molecule has 0 aromatic rings. The predicted octanol–water partition coefficient (Wildman–Crippen LogP) is 0.0715. The number of ether oxygens (including phenoxy) is 1. The molecule has 5 atom stereocenters. The zero-order valence-electron chi connectivity index (χ0n) is 13.5. The van der Waals surface area contributed by atoms with Crippen molar-refractivity contribution in [2.24, 2.45) is 5.92 Å². The predicted molar refractivity (Wildman–Crippen MR) is 89.2 cm³/mol. The maximum Gasteiger partial charge on any atom is 0.230 e. The number of nitrogens with zero attached hydrogens (tertiary/aromatic N) is 1. The Hall–Kier alpha value is -0.810. The van der Waals surface area contributed by atoms with E-state index in [4.69, 9.17) is 4.74 Å². The highest BCUT2D eigenvalue weighted by atomic mass is 31.2. The van der Waals surface area contributed by atoms with Gasteiger partial charge in [-0.05, 0) is 25.9 Å². The molecule has 7 heteroatoms. The molecule has 0 saturated carbocycles. The maximum absolute atomic E-state index is 11.6. The number of carbonyl (C=O) groups is 1. The van der Waals surface area contributed by atoms with Gasteiger partial charge in [0.1, 0.15) is 18.0 Å². The molecule has 2 saturated heterocycles. The van der Waals surface area contributed by atoms with E-state index in [0.717, 1.165) is 6.16 Å². The largest absolute Gasteiger partial charge is 0.388 e. The Morgan fingerprint density at radius 3 is 2.64 bits per heavy atom. The summed E-state index contributed by atoms with van der Waals surface area (Å²) in [6, 6.07) is 0. The van der Waals surface area contributed by atoms with E-state index in [1.807, 2.05) is 0 Å². The number of carbonyl (C=O) groups excluding carboxylic acids is 1. The molecule has 0 aromatic heterocycles. The van der Waals surface area contributed by atoms with Crippen molar-refractivity contribution < 1.29 is 19.7 Å². The molecule has 0 radical (unpaired) electrons. The number of hydrogen-bond donors (Lipinski definition) is 3. The minimum Gasteiger partial charge on any atom is -0.388 e. The fourth-order valence-corrected chi connectivity index (χ4v) is 3.74. The number of nitrogens with one attached hydrogen (secondary N) is 1.